The average Bonchev–Trinajstić information content (AvgIpc) is 2.63. The molecule has 1 amide bonds. The Morgan fingerprint density at radius 1 is 1.00 bits per heavy atom. The lowest BCUT2D eigenvalue weighted by Crippen LogP contribution is -2.54. The maximum absolute atomic E-state index is 13.4. The lowest BCUT2D eigenvalue weighted by Gasteiger charge is -2.43. The van der Waals surface area contributed by atoms with E-state index in [9.17, 15) is 4.79 Å². The van der Waals surface area contributed by atoms with Gasteiger partial charge in [-0.15, -0.1) is 0 Å². The number of hydrogen-bond donors (Lipinski definition) is 1. The lowest BCUT2D eigenvalue weighted by atomic mass is 9.89. The smallest absolute Gasteiger partial charge is 0.227 e. The minimum Gasteiger partial charge on any atom is -0.337 e. The predicted molar refractivity (Wildman–Crippen MR) is 99.0 cm³/mol. The maximum atomic E-state index is 13.4. The molecule has 3 rings (SSSR count). The molecule has 1 unspecified atom stereocenters. The van der Waals surface area contributed by atoms with E-state index in [0.717, 1.165) is 26.1 Å². The number of rotatable bonds is 4. The standard InChI is InChI=1S/C20H37N3O/c1-16(2)23(19-8-4-3-5-9-19)20(24)17-7-6-14-22(15-17)18-10-12-21-13-11-18/h16-19,21H,3-15H2,1-2H3. The van der Waals surface area contributed by atoms with Crippen molar-refractivity contribution >= 4 is 5.91 Å². The monoisotopic (exact) mass is 335 g/mol. The van der Waals surface area contributed by atoms with Crippen LogP contribution in [0, 0.1) is 5.92 Å². The highest BCUT2D eigenvalue weighted by atomic mass is 16.2. The first-order valence-corrected chi connectivity index (χ1v) is 10.4. The molecule has 1 aliphatic carbocycles. The average molecular weight is 336 g/mol. The quantitative estimate of drug-likeness (QED) is 0.858. The summed E-state index contributed by atoms with van der Waals surface area (Å²) >= 11 is 0. The number of hydrogen-bond acceptors (Lipinski definition) is 3. The van der Waals surface area contributed by atoms with Crippen molar-refractivity contribution in [3.8, 4) is 0 Å². The predicted octanol–water partition coefficient (Wildman–Crippen LogP) is 3.02. The number of piperidine rings is 2. The number of amides is 1. The summed E-state index contributed by atoms with van der Waals surface area (Å²) < 4.78 is 0. The van der Waals surface area contributed by atoms with Crippen LogP contribution in [0.2, 0.25) is 0 Å². The van der Waals surface area contributed by atoms with E-state index in [2.05, 4.69) is 29.0 Å². The van der Waals surface area contributed by atoms with Crippen molar-refractivity contribution in [1.29, 1.82) is 0 Å². The zero-order valence-electron chi connectivity index (χ0n) is 15.8. The van der Waals surface area contributed by atoms with Gasteiger partial charge in [-0.05, 0) is 72.0 Å². The number of carbonyl (C=O) groups is 1. The molecule has 4 nitrogen and oxygen atoms in total. The number of nitrogens with one attached hydrogen (secondary N) is 1. The van der Waals surface area contributed by atoms with E-state index in [1.54, 1.807) is 0 Å². The van der Waals surface area contributed by atoms with Gasteiger partial charge in [0.05, 0.1) is 5.92 Å². The lowest BCUT2D eigenvalue weighted by molar-refractivity contribution is -0.143. The first-order chi connectivity index (χ1) is 11.7. The Kier molecular flexibility index (Phi) is 6.56. The summed E-state index contributed by atoms with van der Waals surface area (Å²) in [5, 5.41) is 3.46. The van der Waals surface area contributed by atoms with E-state index in [0.29, 0.717) is 24.0 Å². The normalized spacial score (nSPS) is 28.2. The van der Waals surface area contributed by atoms with Crippen LogP contribution >= 0.6 is 0 Å². The number of carbonyl (C=O) groups excluding carboxylic acids is 1. The molecule has 1 saturated carbocycles. The molecule has 0 bridgehead atoms. The molecular weight excluding hydrogens is 298 g/mol. The second kappa shape index (κ2) is 8.66. The van der Waals surface area contributed by atoms with Gasteiger partial charge in [0.25, 0.3) is 0 Å². The van der Waals surface area contributed by atoms with Crippen molar-refractivity contribution < 1.29 is 4.79 Å². The second-order valence-corrected chi connectivity index (χ2v) is 8.45. The van der Waals surface area contributed by atoms with Crippen molar-refractivity contribution in [2.75, 3.05) is 26.2 Å². The summed E-state index contributed by atoms with van der Waals surface area (Å²) in [6.45, 7) is 8.89. The van der Waals surface area contributed by atoms with Crippen LogP contribution in [0.1, 0.15) is 71.6 Å². The van der Waals surface area contributed by atoms with Crippen LogP contribution in [0.5, 0.6) is 0 Å². The molecule has 3 fully saturated rings. The summed E-state index contributed by atoms with van der Waals surface area (Å²) in [4.78, 5) is 18.3. The van der Waals surface area contributed by atoms with Gasteiger partial charge in [0.15, 0.2) is 0 Å². The van der Waals surface area contributed by atoms with E-state index >= 15 is 0 Å². The zero-order valence-corrected chi connectivity index (χ0v) is 15.8. The molecule has 2 saturated heterocycles. The third kappa shape index (κ3) is 4.32. The Labute approximate surface area is 148 Å². The molecule has 4 heteroatoms. The van der Waals surface area contributed by atoms with Crippen molar-refractivity contribution in [1.82, 2.24) is 15.1 Å². The van der Waals surface area contributed by atoms with Crippen LogP contribution in [0.4, 0.5) is 0 Å². The van der Waals surface area contributed by atoms with Gasteiger partial charge in [-0.25, -0.2) is 0 Å². The minimum atomic E-state index is 0.234. The van der Waals surface area contributed by atoms with Gasteiger partial charge in [-0.2, -0.15) is 0 Å². The number of nitrogens with zero attached hydrogens (tertiary/aromatic N) is 2. The van der Waals surface area contributed by atoms with Crippen molar-refractivity contribution in [2.45, 2.75) is 89.8 Å². The van der Waals surface area contributed by atoms with Crippen molar-refractivity contribution in [2.24, 2.45) is 5.92 Å². The largest absolute Gasteiger partial charge is 0.337 e. The zero-order chi connectivity index (χ0) is 16.9. The van der Waals surface area contributed by atoms with Crippen LogP contribution in [0.15, 0.2) is 0 Å². The van der Waals surface area contributed by atoms with Gasteiger partial charge < -0.3 is 10.2 Å². The Hall–Kier alpha value is -0.610. The summed E-state index contributed by atoms with van der Waals surface area (Å²) in [7, 11) is 0. The van der Waals surface area contributed by atoms with Crippen molar-refractivity contribution in [3.63, 3.8) is 0 Å². The Morgan fingerprint density at radius 2 is 1.71 bits per heavy atom. The molecule has 24 heavy (non-hydrogen) atoms. The summed E-state index contributed by atoms with van der Waals surface area (Å²) in [5.74, 6) is 0.688. The highest BCUT2D eigenvalue weighted by Gasteiger charge is 2.36. The first-order valence-electron chi connectivity index (χ1n) is 10.4. The fraction of sp³-hybridized carbons (Fsp3) is 0.950. The van der Waals surface area contributed by atoms with Gasteiger partial charge >= 0.3 is 0 Å². The molecule has 1 atom stereocenters. The van der Waals surface area contributed by atoms with E-state index in [-0.39, 0.29) is 5.92 Å². The molecule has 0 aromatic rings. The molecular formula is C20H37N3O. The maximum Gasteiger partial charge on any atom is 0.227 e. The van der Waals surface area contributed by atoms with Gasteiger partial charge in [0.2, 0.25) is 5.91 Å². The van der Waals surface area contributed by atoms with Crippen molar-refractivity contribution in [3.05, 3.63) is 0 Å². The van der Waals surface area contributed by atoms with E-state index < -0.39 is 0 Å². The van der Waals surface area contributed by atoms with Gasteiger partial charge in [0.1, 0.15) is 0 Å². The van der Waals surface area contributed by atoms with Gasteiger partial charge in [-0.1, -0.05) is 19.3 Å². The Bertz CT molecular complexity index is 400. The topological polar surface area (TPSA) is 35.6 Å². The van der Waals surface area contributed by atoms with Gasteiger partial charge in [-0.3, -0.25) is 9.69 Å². The highest BCUT2D eigenvalue weighted by Crippen LogP contribution is 2.29. The van der Waals surface area contributed by atoms with Crippen LogP contribution in [0.25, 0.3) is 0 Å². The molecule has 138 valence electrons. The van der Waals surface area contributed by atoms with Crippen LogP contribution < -0.4 is 5.32 Å². The molecule has 1 N–H and O–H groups in total. The van der Waals surface area contributed by atoms with E-state index in [1.165, 1.54) is 57.9 Å². The molecule has 2 heterocycles. The third-order valence-electron chi connectivity index (χ3n) is 6.41. The molecule has 0 aromatic carbocycles. The second-order valence-electron chi connectivity index (χ2n) is 8.45. The molecule has 3 aliphatic rings. The van der Waals surface area contributed by atoms with Gasteiger partial charge in [0, 0.05) is 24.7 Å². The summed E-state index contributed by atoms with van der Waals surface area (Å²) in [6.07, 6.45) is 11.2. The summed E-state index contributed by atoms with van der Waals surface area (Å²) in [6, 6.07) is 1.54. The fourth-order valence-electron chi connectivity index (χ4n) is 5.14. The minimum absolute atomic E-state index is 0.234. The first kappa shape index (κ1) is 18.2. The van der Waals surface area contributed by atoms with Crippen LogP contribution in [0.3, 0.4) is 0 Å². The van der Waals surface area contributed by atoms with Crippen LogP contribution in [-0.2, 0) is 4.79 Å². The SMILES string of the molecule is CC(C)N(C(=O)C1CCCN(C2CCNCC2)C1)C1CCCCC1. The van der Waals surface area contributed by atoms with E-state index in [1.807, 2.05) is 0 Å². The van der Waals surface area contributed by atoms with Crippen LogP contribution in [-0.4, -0.2) is 60.0 Å². The molecule has 2 aliphatic heterocycles. The van der Waals surface area contributed by atoms with E-state index in [4.69, 9.17) is 0 Å². The summed E-state index contributed by atoms with van der Waals surface area (Å²) in [5.41, 5.74) is 0. The molecule has 0 aromatic heterocycles. The third-order valence-corrected chi connectivity index (χ3v) is 6.41. The number of likely N-dealkylation sites (tertiary alicyclic amines) is 1. The Morgan fingerprint density at radius 3 is 2.38 bits per heavy atom. The molecule has 0 radical (unpaired) electrons. The highest BCUT2D eigenvalue weighted by molar-refractivity contribution is 5.79. The fourth-order valence-corrected chi connectivity index (χ4v) is 5.14. The molecule has 0 spiro atoms. The Balaban J connectivity index is 1.62.